The third-order valence-corrected chi connectivity index (χ3v) is 3.51. The highest BCUT2D eigenvalue weighted by Gasteiger charge is 2.13. The van der Waals surface area contributed by atoms with Crippen molar-refractivity contribution in [2.75, 3.05) is 13.6 Å². The highest BCUT2D eigenvalue weighted by molar-refractivity contribution is 5.73. The molecule has 6 heteroatoms. The predicted molar refractivity (Wildman–Crippen MR) is 84.4 cm³/mol. The van der Waals surface area contributed by atoms with Gasteiger partial charge in [-0.3, -0.25) is 4.68 Å². The number of aryl methyl sites for hydroxylation is 2. The molecular weight excluding hydrogens is 280 g/mol. The summed E-state index contributed by atoms with van der Waals surface area (Å²) in [6, 6.07) is 5.63. The molecule has 2 rings (SSSR count). The third-order valence-electron chi connectivity index (χ3n) is 3.51. The van der Waals surface area contributed by atoms with Gasteiger partial charge in [-0.15, -0.1) is 0 Å². The van der Waals surface area contributed by atoms with Gasteiger partial charge in [0.05, 0.1) is 18.5 Å². The van der Waals surface area contributed by atoms with Crippen LogP contribution < -0.4 is 5.32 Å². The van der Waals surface area contributed by atoms with E-state index in [9.17, 15) is 4.79 Å². The van der Waals surface area contributed by atoms with Crippen LogP contribution in [0.5, 0.6) is 0 Å². The molecule has 0 spiro atoms. The number of hydrogen-bond acceptors (Lipinski definition) is 3. The van der Waals surface area contributed by atoms with E-state index in [4.69, 9.17) is 4.42 Å². The topological polar surface area (TPSA) is 63.3 Å². The number of furan rings is 1. The van der Waals surface area contributed by atoms with Crippen LogP contribution in [-0.4, -0.2) is 34.3 Å². The van der Waals surface area contributed by atoms with Crippen LogP contribution >= 0.6 is 0 Å². The molecule has 1 N–H and O–H groups in total. The summed E-state index contributed by atoms with van der Waals surface area (Å²) >= 11 is 0. The summed E-state index contributed by atoms with van der Waals surface area (Å²) in [7, 11) is 1.75. The van der Waals surface area contributed by atoms with Crippen LogP contribution in [0.2, 0.25) is 0 Å². The summed E-state index contributed by atoms with van der Waals surface area (Å²) in [5.41, 5.74) is 2.16. The van der Waals surface area contributed by atoms with Gasteiger partial charge in [-0.2, -0.15) is 5.10 Å². The zero-order valence-electron chi connectivity index (χ0n) is 13.7. The minimum atomic E-state index is -0.100. The van der Waals surface area contributed by atoms with E-state index in [0.29, 0.717) is 19.0 Å². The number of carbonyl (C=O) groups is 1. The molecule has 0 aromatic carbocycles. The van der Waals surface area contributed by atoms with Crippen molar-refractivity contribution >= 4 is 6.03 Å². The van der Waals surface area contributed by atoms with Gasteiger partial charge < -0.3 is 14.6 Å². The Morgan fingerprint density at radius 2 is 2.27 bits per heavy atom. The molecule has 2 aromatic heterocycles. The third kappa shape index (κ3) is 4.38. The van der Waals surface area contributed by atoms with Crippen LogP contribution in [0.4, 0.5) is 4.79 Å². The number of rotatable bonds is 6. The molecule has 0 aliphatic rings. The number of urea groups is 1. The lowest BCUT2D eigenvalue weighted by atomic mass is 10.2. The molecule has 0 unspecified atom stereocenters. The molecule has 2 aromatic rings. The van der Waals surface area contributed by atoms with E-state index >= 15 is 0 Å². The normalized spacial score (nSPS) is 12.2. The summed E-state index contributed by atoms with van der Waals surface area (Å²) in [6.45, 7) is 8.00. The van der Waals surface area contributed by atoms with Crippen molar-refractivity contribution in [2.45, 2.75) is 33.9 Å². The molecule has 0 fully saturated rings. The first-order valence-electron chi connectivity index (χ1n) is 7.48. The lowest BCUT2D eigenvalue weighted by Gasteiger charge is -2.19. The fraction of sp³-hybridized carbons (Fsp3) is 0.500. The molecule has 0 saturated carbocycles. The molecule has 0 radical (unpaired) electrons. The van der Waals surface area contributed by atoms with Gasteiger partial charge in [0.1, 0.15) is 5.76 Å². The molecule has 0 aliphatic carbocycles. The molecule has 2 heterocycles. The first kappa shape index (κ1) is 16.1. The van der Waals surface area contributed by atoms with E-state index in [1.807, 2.05) is 30.7 Å². The summed E-state index contributed by atoms with van der Waals surface area (Å²) in [6.07, 6.45) is 1.61. The second-order valence-electron chi connectivity index (χ2n) is 5.84. The zero-order valence-corrected chi connectivity index (χ0v) is 13.7. The number of carbonyl (C=O) groups excluding carboxylic acids is 1. The Hall–Kier alpha value is -2.24. The van der Waals surface area contributed by atoms with Crippen molar-refractivity contribution < 1.29 is 9.21 Å². The maximum atomic E-state index is 12.0. The van der Waals surface area contributed by atoms with Gasteiger partial charge in [0.15, 0.2) is 0 Å². The van der Waals surface area contributed by atoms with Crippen LogP contribution in [0, 0.1) is 19.8 Å². The Morgan fingerprint density at radius 1 is 1.50 bits per heavy atom. The lowest BCUT2D eigenvalue weighted by Crippen LogP contribution is -2.39. The van der Waals surface area contributed by atoms with E-state index in [1.165, 1.54) is 0 Å². The highest BCUT2D eigenvalue weighted by Crippen LogP contribution is 2.07. The summed E-state index contributed by atoms with van der Waals surface area (Å²) in [5, 5.41) is 7.39. The van der Waals surface area contributed by atoms with Crippen LogP contribution in [0.25, 0.3) is 0 Å². The molecule has 0 bridgehead atoms. The van der Waals surface area contributed by atoms with Crippen molar-refractivity contribution in [1.29, 1.82) is 0 Å². The Morgan fingerprint density at radius 3 is 2.86 bits per heavy atom. The standard InChI is InChI=1S/C16H24N4O2/c1-12(10-20-14(3)8-13(2)18-20)9-17-16(21)19(4)11-15-6-5-7-22-15/h5-8,12H,9-11H2,1-4H3,(H,17,21)/t12-/m1/s1. The van der Waals surface area contributed by atoms with E-state index in [-0.39, 0.29) is 6.03 Å². The Labute approximate surface area is 131 Å². The van der Waals surface area contributed by atoms with E-state index in [0.717, 1.165) is 23.7 Å². The quantitative estimate of drug-likeness (QED) is 0.892. The van der Waals surface area contributed by atoms with Crippen molar-refractivity contribution in [3.8, 4) is 0 Å². The van der Waals surface area contributed by atoms with Crippen LogP contribution in [0.1, 0.15) is 24.1 Å². The van der Waals surface area contributed by atoms with E-state index in [1.54, 1.807) is 18.2 Å². The molecule has 1 atom stereocenters. The zero-order chi connectivity index (χ0) is 16.1. The summed E-state index contributed by atoms with van der Waals surface area (Å²) in [4.78, 5) is 13.7. The Bertz CT molecular complexity index is 604. The smallest absolute Gasteiger partial charge is 0.317 e. The van der Waals surface area contributed by atoms with E-state index in [2.05, 4.69) is 23.4 Å². The average molecular weight is 304 g/mol. The summed E-state index contributed by atoms with van der Waals surface area (Å²) < 4.78 is 7.23. The number of aromatic nitrogens is 2. The first-order chi connectivity index (χ1) is 10.5. The van der Waals surface area contributed by atoms with Crippen molar-refractivity contribution in [3.05, 3.63) is 41.6 Å². The van der Waals surface area contributed by atoms with Gasteiger partial charge in [0.2, 0.25) is 0 Å². The molecule has 22 heavy (non-hydrogen) atoms. The van der Waals surface area contributed by atoms with Crippen molar-refractivity contribution in [3.63, 3.8) is 0 Å². The Kier molecular flexibility index (Phi) is 5.25. The van der Waals surface area contributed by atoms with Gasteiger partial charge in [-0.05, 0) is 38.0 Å². The molecule has 120 valence electrons. The van der Waals surface area contributed by atoms with Crippen molar-refractivity contribution in [1.82, 2.24) is 20.0 Å². The number of amides is 2. The molecule has 0 aliphatic heterocycles. The number of nitrogens with one attached hydrogen (secondary N) is 1. The van der Waals surface area contributed by atoms with Crippen LogP contribution in [-0.2, 0) is 13.1 Å². The Balaban J connectivity index is 1.76. The fourth-order valence-corrected chi connectivity index (χ4v) is 2.32. The molecular formula is C16H24N4O2. The summed E-state index contributed by atoms with van der Waals surface area (Å²) in [5.74, 6) is 1.08. The predicted octanol–water partition coefficient (Wildman–Crippen LogP) is 2.57. The second kappa shape index (κ2) is 7.15. The first-order valence-corrected chi connectivity index (χ1v) is 7.48. The minimum Gasteiger partial charge on any atom is -0.467 e. The molecule has 0 saturated heterocycles. The van der Waals surface area contributed by atoms with Gasteiger partial charge >= 0.3 is 6.03 Å². The highest BCUT2D eigenvalue weighted by atomic mass is 16.3. The largest absolute Gasteiger partial charge is 0.467 e. The van der Waals surface area contributed by atoms with Gasteiger partial charge in [0.25, 0.3) is 0 Å². The SMILES string of the molecule is Cc1cc(C)n(C[C@H](C)CNC(=O)N(C)Cc2ccco2)n1. The maximum Gasteiger partial charge on any atom is 0.317 e. The van der Waals surface area contributed by atoms with E-state index < -0.39 is 0 Å². The second-order valence-corrected chi connectivity index (χ2v) is 5.84. The monoisotopic (exact) mass is 304 g/mol. The maximum absolute atomic E-state index is 12.0. The number of nitrogens with zero attached hydrogens (tertiary/aromatic N) is 3. The van der Waals surface area contributed by atoms with Gasteiger partial charge in [0, 0.05) is 25.8 Å². The fourth-order valence-electron chi connectivity index (χ4n) is 2.32. The molecule has 2 amide bonds. The number of hydrogen-bond donors (Lipinski definition) is 1. The van der Waals surface area contributed by atoms with Crippen molar-refractivity contribution in [2.24, 2.45) is 5.92 Å². The average Bonchev–Trinajstić information content (AvgIpc) is 3.06. The van der Waals surface area contributed by atoms with Gasteiger partial charge in [-0.1, -0.05) is 6.92 Å². The lowest BCUT2D eigenvalue weighted by molar-refractivity contribution is 0.200. The molecule has 6 nitrogen and oxygen atoms in total. The minimum absolute atomic E-state index is 0.100. The van der Waals surface area contributed by atoms with Crippen LogP contribution in [0.3, 0.4) is 0 Å². The van der Waals surface area contributed by atoms with Crippen LogP contribution in [0.15, 0.2) is 28.9 Å². The van der Waals surface area contributed by atoms with Gasteiger partial charge in [-0.25, -0.2) is 4.79 Å².